The van der Waals surface area contributed by atoms with Crippen LogP contribution in [0.1, 0.15) is 60.4 Å². The third-order valence-corrected chi connectivity index (χ3v) is 17.1. The number of esters is 1. The number of aromatic nitrogens is 1. The van der Waals surface area contributed by atoms with Crippen LogP contribution in [0.3, 0.4) is 0 Å². The Morgan fingerprint density at radius 2 is 1.35 bits per heavy atom. The predicted octanol–water partition coefficient (Wildman–Crippen LogP) is 8.36. The van der Waals surface area contributed by atoms with E-state index in [4.69, 9.17) is 14.3 Å². The van der Waals surface area contributed by atoms with Gasteiger partial charge in [-0.05, 0) is 37.3 Å². The van der Waals surface area contributed by atoms with E-state index in [9.17, 15) is 36.0 Å². The number of amides is 3. The normalized spacial score (nSPS) is 16.1. The molecule has 1 fully saturated rings. The first kappa shape index (κ1) is 56.1. The third-order valence-electron chi connectivity index (χ3n) is 11.7. The molecule has 8 rings (SSSR count). The highest BCUT2D eigenvalue weighted by Crippen LogP contribution is 2.45. The molecule has 0 bridgehead atoms. The molecule has 5 aromatic carbocycles. The number of thioether (sulfide) groups is 2. The number of carbonyl (C=O) groups excluding carboxylic acids is 4. The molecule has 3 amide bonds. The van der Waals surface area contributed by atoms with Gasteiger partial charge in [0.05, 0.1) is 17.8 Å². The molecule has 1 unspecified atom stereocenters. The third kappa shape index (κ3) is 14.1. The average Bonchev–Trinajstić information content (AvgIpc) is 3.87. The Kier molecular flexibility index (Phi) is 17.9. The van der Waals surface area contributed by atoms with Crippen LogP contribution in [0.25, 0.3) is 0 Å². The first-order valence-corrected chi connectivity index (χ1v) is 30.5. The fourth-order valence-electron chi connectivity index (χ4n) is 8.24. The molecule has 0 radical (unpaired) electrons. The first-order chi connectivity index (χ1) is 36.8. The Balaban J connectivity index is 1.13. The number of β-lactam (4-membered cyclic amide) rings is 1. The number of nitrogens with zero attached hydrogens (tertiary/aromatic N) is 3. The molecule has 77 heavy (non-hydrogen) atoms. The number of hydrogen-bond donors (Lipinski definition) is 3. The van der Waals surface area contributed by atoms with Crippen molar-refractivity contribution < 1.29 is 50.3 Å². The zero-order valence-electron chi connectivity index (χ0n) is 42.1. The number of benzene rings is 5. The topological polar surface area (TPSA) is 229 Å². The summed E-state index contributed by atoms with van der Waals surface area (Å²) in [4.78, 5) is 70.2. The fourth-order valence-corrected chi connectivity index (χ4v) is 12.9. The molecule has 0 saturated carbocycles. The van der Waals surface area contributed by atoms with Gasteiger partial charge in [0.25, 0.3) is 11.8 Å². The summed E-state index contributed by atoms with van der Waals surface area (Å²) in [5.41, 5.74) is 0.654. The summed E-state index contributed by atoms with van der Waals surface area (Å²) in [5, 5.41) is 12.3. The summed E-state index contributed by atoms with van der Waals surface area (Å²) in [6.07, 6.45) is 0.639. The smallest absolute Gasteiger partial charge is 0.413 e. The zero-order valence-corrected chi connectivity index (χ0v) is 46.2. The van der Waals surface area contributed by atoms with Gasteiger partial charge in [0.15, 0.2) is 26.8 Å². The predicted molar refractivity (Wildman–Crippen MR) is 300 cm³/mol. The van der Waals surface area contributed by atoms with Crippen molar-refractivity contribution in [1.82, 2.24) is 19.9 Å². The van der Waals surface area contributed by atoms with Crippen molar-refractivity contribution >= 4 is 89.4 Å². The van der Waals surface area contributed by atoms with Gasteiger partial charge in [0, 0.05) is 39.3 Å². The molecule has 0 aliphatic carbocycles. The SMILES string of the molecule is CC(C)(C)OC(=O)Nc1nc(/C(=N/OC(c2ccccc2)(c2ccccc2)c2ccccc2)C(=O)NC2C(=O)N3C(C(=O)OC(c4ccccc4)c4ccccc4)=C(S/C=C\CS(=O)(=O)CCNS(C)(=O)=O)CS[C@H]23)cs1. The lowest BCUT2D eigenvalue weighted by Crippen LogP contribution is -2.71. The van der Waals surface area contributed by atoms with E-state index in [-0.39, 0.29) is 34.5 Å². The molecule has 3 heterocycles. The van der Waals surface area contributed by atoms with E-state index in [0.717, 1.165) is 29.4 Å². The Morgan fingerprint density at radius 3 is 1.87 bits per heavy atom. The lowest BCUT2D eigenvalue weighted by Gasteiger charge is -2.49. The van der Waals surface area contributed by atoms with Crippen LogP contribution in [0.4, 0.5) is 9.93 Å². The number of nitrogens with one attached hydrogen (secondary N) is 3. The Bertz CT molecular complexity index is 3260. The van der Waals surface area contributed by atoms with Crippen LogP contribution in [-0.2, 0) is 54.2 Å². The molecule has 3 N–H and O–H groups in total. The van der Waals surface area contributed by atoms with E-state index in [1.54, 1.807) is 20.8 Å². The number of anilines is 1. The number of hydrogen-bond acceptors (Lipinski definition) is 16. The van der Waals surface area contributed by atoms with Crippen LogP contribution >= 0.6 is 34.9 Å². The van der Waals surface area contributed by atoms with Gasteiger partial charge in [0.1, 0.15) is 28.4 Å². The van der Waals surface area contributed by atoms with Gasteiger partial charge in [-0.2, -0.15) is 0 Å². The minimum absolute atomic E-state index is 0.00209. The van der Waals surface area contributed by atoms with Gasteiger partial charge in [-0.1, -0.05) is 175 Å². The maximum absolute atomic E-state index is 15.0. The Morgan fingerprint density at radius 1 is 0.818 bits per heavy atom. The summed E-state index contributed by atoms with van der Waals surface area (Å²) in [5.74, 6) is -3.09. The Labute approximate surface area is 459 Å². The van der Waals surface area contributed by atoms with E-state index >= 15 is 0 Å². The van der Waals surface area contributed by atoms with E-state index < -0.39 is 84.0 Å². The molecule has 1 saturated heterocycles. The van der Waals surface area contributed by atoms with Crippen molar-refractivity contribution in [2.75, 3.05) is 35.4 Å². The summed E-state index contributed by atoms with van der Waals surface area (Å²) in [7, 11) is -7.34. The van der Waals surface area contributed by atoms with Crippen LogP contribution in [0.5, 0.6) is 0 Å². The monoisotopic (exact) mass is 1130 g/mol. The molecule has 2 aliphatic heterocycles. The number of fused-ring (bicyclic) bond motifs is 1. The minimum Gasteiger partial charge on any atom is -0.448 e. The van der Waals surface area contributed by atoms with E-state index in [1.807, 2.05) is 152 Å². The molecular formula is C55H54N6O11S5. The number of oxime groups is 1. The second kappa shape index (κ2) is 24.5. The molecule has 17 nitrogen and oxygen atoms in total. The van der Waals surface area contributed by atoms with Crippen molar-refractivity contribution in [2.45, 2.75) is 49.5 Å². The molecule has 400 valence electrons. The zero-order chi connectivity index (χ0) is 54.8. The lowest BCUT2D eigenvalue weighted by atomic mass is 9.80. The van der Waals surface area contributed by atoms with Crippen molar-refractivity contribution in [3.8, 4) is 0 Å². The lowest BCUT2D eigenvalue weighted by molar-refractivity contribution is -0.154. The van der Waals surface area contributed by atoms with Gasteiger partial charge < -0.3 is 19.6 Å². The van der Waals surface area contributed by atoms with E-state index in [0.29, 0.717) is 32.7 Å². The summed E-state index contributed by atoms with van der Waals surface area (Å²) in [6.45, 7) is 4.85. The van der Waals surface area contributed by atoms with E-state index in [2.05, 4.69) is 25.5 Å². The molecular weight excluding hydrogens is 1080 g/mol. The largest absolute Gasteiger partial charge is 0.448 e. The molecule has 0 spiro atoms. The van der Waals surface area contributed by atoms with Crippen molar-refractivity contribution in [1.29, 1.82) is 0 Å². The number of rotatable bonds is 21. The second-order valence-electron chi connectivity index (χ2n) is 18.5. The van der Waals surface area contributed by atoms with Gasteiger partial charge in [-0.25, -0.2) is 36.1 Å². The first-order valence-electron chi connectivity index (χ1n) is 24.0. The molecule has 22 heteroatoms. The van der Waals surface area contributed by atoms with Crippen molar-refractivity contribution in [2.24, 2.45) is 5.16 Å². The summed E-state index contributed by atoms with van der Waals surface area (Å²) < 4.78 is 62.6. The minimum atomic E-state index is -3.73. The quantitative estimate of drug-likeness (QED) is 0.0202. The van der Waals surface area contributed by atoms with Gasteiger partial charge in [0.2, 0.25) is 15.6 Å². The van der Waals surface area contributed by atoms with Crippen LogP contribution in [0.15, 0.2) is 184 Å². The van der Waals surface area contributed by atoms with Gasteiger partial charge >= 0.3 is 12.1 Å². The highest BCUT2D eigenvalue weighted by Gasteiger charge is 2.55. The van der Waals surface area contributed by atoms with Crippen LogP contribution < -0.4 is 15.4 Å². The van der Waals surface area contributed by atoms with Crippen LogP contribution in [-0.4, -0.2) is 103 Å². The maximum atomic E-state index is 15.0. The number of sulfonamides is 1. The van der Waals surface area contributed by atoms with Crippen LogP contribution in [0, 0.1) is 0 Å². The highest BCUT2D eigenvalue weighted by atomic mass is 32.2. The van der Waals surface area contributed by atoms with E-state index in [1.165, 1.54) is 33.5 Å². The average molecular weight is 1140 g/mol. The number of ether oxygens (including phenoxy) is 2. The van der Waals surface area contributed by atoms with Gasteiger partial charge in [-0.3, -0.25) is 19.8 Å². The standard InChI is InChI=1S/C55H54N6O11S5/c1-54(2,3)71-53(65)59-52-57-42(35-75-52)44(60-72-55(39-25-14-7-15-26-39,40-27-16-8-17-28-40)41-29-18-9-19-30-41)48(62)58-45-49(63)61-46(51(64)70-47(37-21-10-5-11-22-37)38-23-12-6-13-24-38)43(36-74-50(45)61)73-32-20-33-77(68,69)34-31-56-76(4,66)67/h5-30,32,35,45,47,50,56H,31,33-34,36H2,1-4H3,(H,58,62)(H,57,59,65)/b32-20-,60-44-/t45?,50-/m1/s1. The number of thiazole rings is 1. The number of sulfone groups is 1. The molecule has 6 aromatic rings. The molecule has 1 aromatic heterocycles. The van der Waals surface area contributed by atoms with Crippen molar-refractivity contribution in [3.63, 3.8) is 0 Å². The second-order valence-corrected chi connectivity index (χ2v) is 25.5. The maximum Gasteiger partial charge on any atom is 0.413 e. The van der Waals surface area contributed by atoms with Crippen LogP contribution in [0.2, 0.25) is 0 Å². The highest BCUT2D eigenvalue weighted by molar-refractivity contribution is 8.08. The number of carbonyl (C=O) groups is 4. The Hall–Kier alpha value is -7.08. The van der Waals surface area contributed by atoms with Gasteiger partial charge in [-0.15, -0.1) is 23.1 Å². The summed E-state index contributed by atoms with van der Waals surface area (Å²) >= 11 is 3.29. The van der Waals surface area contributed by atoms with Crippen molar-refractivity contribution in [3.05, 3.63) is 213 Å². The molecule has 2 atom stereocenters. The molecule has 2 aliphatic rings. The fraction of sp³-hybridized carbons (Fsp3) is 0.236. The summed E-state index contributed by atoms with van der Waals surface area (Å²) in [6, 6.07) is 45.0.